The molecular weight excluding hydrogens is 596 g/mol. The summed E-state index contributed by atoms with van der Waals surface area (Å²) in [5, 5.41) is 0. The SMILES string of the molecule is Cc1ccc(-c2ccc(CCCCC3CCC(C)CC3)cc2)cc1.Cc1ccc(-c2ccc(CCCCC3CCC(C)CC3)cc2)cc1F. The van der Waals surface area contributed by atoms with Crippen LogP contribution in [0.5, 0.6) is 0 Å². The Morgan fingerprint density at radius 3 is 1.29 bits per heavy atom. The smallest absolute Gasteiger partial charge is 0.126 e. The number of hydrogen-bond donors (Lipinski definition) is 0. The second-order valence-corrected chi connectivity index (χ2v) is 16.0. The lowest BCUT2D eigenvalue weighted by atomic mass is 9.80. The number of rotatable bonds is 12. The van der Waals surface area contributed by atoms with Gasteiger partial charge < -0.3 is 0 Å². The van der Waals surface area contributed by atoms with E-state index in [4.69, 9.17) is 0 Å². The molecule has 49 heavy (non-hydrogen) atoms. The Bertz CT molecular complexity index is 1500. The second-order valence-electron chi connectivity index (χ2n) is 16.0. The summed E-state index contributed by atoms with van der Waals surface area (Å²) in [6.07, 6.45) is 22.3. The van der Waals surface area contributed by atoms with Gasteiger partial charge in [-0.15, -0.1) is 0 Å². The van der Waals surface area contributed by atoms with Crippen molar-refractivity contribution in [1.29, 1.82) is 0 Å². The Hall–Kier alpha value is -3.19. The minimum absolute atomic E-state index is 0.126. The summed E-state index contributed by atoms with van der Waals surface area (Å²) in [6.45, 7) is 8.75. The molecule has 0 nitrogen and oxygen atoms in total. The molecule has 0 atom stereocenters. The largest absolute Gasteiger partial charge is 0.207 e. The molecule has 0 aromatic heterocycles. The van der Waals surface area contributed by atoms with Gasteiger partial charge in [0.1, 0.15) is 5.82 Å². The molecule has 0 radical (unpaired) electrons. The van der Waals surface area contributed by atoms with Crippen molar-refractivity contribution in [2.75, 3.05) is 0 Å². The number of benzene rings is 4. The third kappa shape index (κ3) is 12.3. The summed E-state index contributed by atoms with van der Waals surface area (Å²) >= 11 is 0. The van der Waals surface area contributed by atoms with E-state index in [0.717, 1.165) is 41.2 Å². The van der Waals surface area contributed by atoms with E-state index in [1.165, 1.54) is 124 Å². The van der Waals surface area contributed by atoms with E-state index in [1.54, 1.807) is 13.0 Å². The van der Waals surface area contributed by atoms with Crippen LogP contribution in [0.3, 0.4) is 0 Å². The van der Waals surface area contributed by atoms with Gasteiger partial charge in [0.15, 0.2) is 0 Å². The molecule has 6 rings (SSSR count). The Morgan fingerprint density at radius 1 is 0.469 bits per heavy atom. The number of hydrogen-bond acceptors (Lipinski definition) is 0. The van der Waals surface area contributed by atoms with Crippen LogP contribution in [0.15, 0.2) is 91.0 Å². The van der Waals surface area contributed by atoms with E-state index in [2.05, 4.69) is 93.6 Å². The monoisotopic (exact) mass is 658 g/mol. The fourth-order valence-electron chi connectivity index (χ4n) is 8.01. The zero-order chi connectivity index (χ0) is 34.4. The van der Waals surface area contributed by atoms with Gasteiger partial charge in [-0.25, -0.2) is 4.39 Å². The van der Waals surface area contributed by atoms with Crippen LogP contribution in [-0.4, -0.2) is 0 Å². The van der Waals surface area contributed by atoms with Crippen molar-refractivity contribution in [3.8, 4) is 22.3 Å². The Kier molecular flexibility index (Phi) is 14.6. The molecule has 2 saturated carbocycles. The van der Waals surface area contributed by atoms with Crippen molar-refractivity contribution in [3.63, 3.8) is 0 Å². The molecule has 4 aromatic rings. The summed E-state index contributed by atoms with van der Waals surface area (Å²) in [5.74, 6) is 3.81. The fraction of sp³-hybridized carbons (Fsp3) is 0.500. The van der Waals surface area contributed by atoms with Crippen LogP contribution in [-0.2, 0) is 12.8 Å². The number of aryl methyl sites for hydroxylation is 4. The van der Waals surface area contributed by atoms with Gasteiger partial charge in [-0.05, 0) is 108 Å². The third-order valence-corrected chi connectivity index (χ3v) is 11.7. The molecule has 0 amide bonds. The number of halogens is 1. The van der Waals surface area contributed by atoms with Gasteiger partial charge in [0.05, 0.1) is 0 Å². The predicted molar refractivity (Wildman–Crippen MR) is 211 cm³/mol. The molecule has 1 heteroatoms. The van der Waals surface area contributed by atoms with Gasteiger partial charge >= 0.3 is 0 Å². The van der Waals surface area contributed by atoms with Crippen molar-refractivity contribution in [3.05, 3.63) is 119 Å². The lowest BCUT2D eigenvalue weighted by Gasteiger charge is -2.26. The van der Waals surface area contributed by atoms with Crippen molar-refractivity contribution in [2.24, 2.45) is 23.7 Å². The summed E-state index contributed by atoms with van der Waals surface area (Å²) < 4.78 is 13.7. The highest BCUT2D eigenvalue weighted by atomic mass is 19.1. The van der Waals surface area contributed by atoms with Gasteiger partial charge in [-0.1, -0.05) is 181 Å². The van der Waals surface area contributed by atoms with E-state index < -0.39 is 0 Å². The highest BCUT2D eigenvalue weighted by molar-refractivity contribution is 5.65. The van der Waals surface area contributed by atoms with Crippen LogP contribution in [0, 0.1) is 43.3 Å². The standard InChI is InChI=1S/C24H31F.C24H32/c1-18-7-10-20(11-8-18)5-3-4-6-21-12-15-22(16-13-21)23-14-9-19(2)24(25)17-23;1-19-7-11-21(12-8-19)5-3-4-6-22-13-17-24(18-14-22)23-15-9-20(2)10-16-23/h9,12-18,20H,3-8,10-11H2,1-2H3;9-10,13-19,21H,3-8,11-12H2,1-2H3. The first-order valence-corrected chi connectivity index (χ1v) is 19.8. The Balaban J connectivity index is 0.000000191. The quantitative estimate of drug-likeness (QED) is 0.133. The molecule has 0 aliphatic heterocycles. The minimum Gasteiger partial charge on any atom is -0.207 e. The van der Waals surface area contributed by atoms with Gasteiger partial charge in [-0.3, -0.25) is 0 Å². The summed E-state index contributed by atoms with van der Waals surface area (Å²) in [4.78, 5) is 0. The lowest BCUT2D eigenvalue weighted by molar-refractivity contribution is 0.272. The van der Waals surface area contributed by atoms with Gasteiger partial charge in [0, 0.05) is 0 Å². The molecule has 0 heterocycles. The molecule has 0 N–H and O–H groups in total. The first kappa shape index (κ1) is 37.1. The van der Waals surface area contributed by atoms with Crippen molar-refractivity contribution < 1.29 is 4.39 Å². The average molecular weight is 659 g/mol. The van der Waals surface area contributed by atoms with Crippen LogP contribution < -0.4 is 0 Å². The molecule has 0 unspecified atom stereocenters. The van der Waals surface area contributed by atoms with Crippen molar-refractivity contribution >= 4 is 0 Å². The molecule has 0 spiro atoms. The maximum Gasteiger partial charge on any atom is 0.126 e. The molecule has 2 fully saturated rings. The molecule has 262 valence electrons. The average Bonchev–Trinajstić information content (AvgIpc) is 3.12. The highest BCUT2D eigenvalue weighted by Crippen LogP contribution is 2.33. The van der Waals surface area contributed by atoms with E-state index in [9.17, 15) is 4.39 Å². The maximum absolute atomic E-state index is 13.7. The van der Waals surface area contributed by atoms with E-state index >= 15 is 0 Å². The van der Waals surface area contributed by atoms with Crippen LogP contribution >= 0.6 is 0 Å². The molecule has 0 saturated heterocycles. The highest BCUT2D eigenvalue weighted by Gasteiger charge is 2.18. The van der Waals surface area contributed by atoms with Gasteiger partial charge in [0.25, 0.3) is 0 Å². The minimum atomic E-state index is -0.126. The van der Waals surface area contributed by atoms with Crippen molar-refractivity contribution in [2.45, 2.75) is 130 Å². The third-order valence-electron chi connectivity index (χ3n) is 11.7. The van der Waals surface area contributed by atoms with E-state index in [-0.39, 0.29) is 5.82 Å². The molecule has 0 bridgehead atoms. The second kappa shape index (κ2) is 19.3. The summed E-state index contributed by atoms with van der Waals surface area (Å²) in [7, 11) is 0. The zero-order valence-electron chi connectivity index (χ0n) is 31.2. The van der Waals surface area contributed by atoms with Gasteiger partial charge in [-0.2, -0.15) is 0 Å². The van der Waals surface area contributed by atoms with Crippen LogP contribution in [0.25, 0.3) is 22.3 Å². The van der Waals surface area contributed by atoms with Crippen LogP contribution in [0.2, 0.25) is 0 Å². The molecule has 2 aliphatic carbocycles. The summed E-state index contributed by atoms with van der Waals surface area (Å²) in [5.41, 5.74) is 9.61. The molecule has 2 aliphatic rings. The zero-order valence-corrected chi connectivity index (χ0v) is 31.2. The van der Waals surface area contributed by atoms with Crippen molar-refractivity contribution in [1.82, 2.24) is 0 Å². The topological polar surface area (TPSA) is 0 Å². The first-order valence-electron chi connectivity index (χ1n) is 19.8. The Labute approximate surface area is 299 Å². The fourth-order valence-corrected chi connectivity index (χ4v) is 8.01. The molecular formula is C48H63F. The molecule has 4 aromatic carbocycles. The lowest BCUT2D eigenvalue weighted by Crippen LogP contribution is -2.12. The first-order chi connectivity index (χ1) is 23.8. The normalized spacial score (nSPS) is 20.8. The number of unbranched alkanes of at least 4 members (excludes halogenated alkanes) is 2. The van der Waals surface area contributed by atoms with Crippen LogP contribution in [0.4, 0.5) is 4.39 Å². The predicted octanol–water partition coefficient (Wildman–Crippen LogP) is 14.5. The van der Waals surface area contributed by atoms with Crippen LogP contribution in [0.1, 0.15) is 126 Å². The maximum atomic E-state index is 13.7. The Morgan fingerprint density at radius 2 is 0.857 bits per heavy atom. The van der Waals surface area contributed by atoms with Gasteiger partial charge in [0.2, 0.25) is 0 Å². The van der Waals surface area contributed by atoms with E-state index in [1.807, 2.05) is 12.1 Å². The summed E-state index contributed by atoms with van der Waals surface area (Å²) in [6, 6.07) is 32.2. The van der Waals surface area contributed by atoms with E-state index in [0.29, 0.717) is 5.56 Å².